The van der Waals surface area contributed by atoms with E-state index in [0.717, 1.165) is 13.0 Å². The molecule has 0 saturated carbocycles. The predicted molar refractivity (Wildman–Crippen MR) is 85.0 cm³/mol. The molecule has 0 spiro atoms. The first-order chi connectivity index (χ1) is 10.5. The van der Waals surface area contributed by atoms with E-state index >= 15 is 0 Å². The normalized spacial score (nSPS) is 15.7. The maximum atomic E-state index is 11.8. The highest BCUT2D eigenvalue weighted by molar-refractivity contribution is 6.30. The Hall–Kier alpha value is -1.75. The lowest BCUT2D eigenvalue weighted by atomic mass is 10.3. The molecule has 1 aliphatic rings. The highest BCUT2D eigenvalue weighted by atomic mass is 35.5. The quantitative estimate of drug-likeness (QED) is 0.836. The number of halogens is 1. The molecule has 120 valence electrons. The van der Waals surface area contributed by atoms with Crippen molar-refractivity contribution in [2.45, 2.75) is 32.3 Å². The number of nitrogens with one attached hydrogen (secondary N) is 1. The third-order valence-electron chi connectivity index (χ3n) is 3.52. The zero-order valence-corrected chi connectivity index (χ0v) is 13.4. The minimum absolute atomic E-state index is 0.0637. The Morgan fingerprint density at radius 2 is 2.14 bits per heavy atom. The molecule has 0 aromatic heterocycles. The van der Waals surface area contributed by atoms with Crippen LogP contribution in [0.15, 0.2) is 24.3 Å². The lowest BCUT2D eigenvalue weighted by Gasteiger charge is -2.17. The molecule has 2 rings (SSSR count). The van der Waals surface area contributed by atoms with Crippen molar-refractivity contribution in [2.24, 2.45) is 0 Å². The van der Waals surface area contributed by atoms with Crippen molar-refractivity contribution in [1.29, 1.82) is 0 Å². The number of carbonyl (C=O) groups excluding carboxylic acids is 2. The molecule has 0 bridgehead atoms. The Morgan fingerprint density at radius 1 is 1.41 bits per heavy atom. The molecule has 1 aromatic carbocycles. The molecule has 1 fully saturated rings. The maximum Gasteiger partial charge on any atom is 0.222 e. The van der Waals surface area contributed by atoms with E-state index in [4.69, 9.17) is 16.3 Å². The van der Waals surface area contributed by atoms with E-state index in [0.29, 0.717) is 36.7 Å². The van der Waals surface area contributed by atoms with Gasteiger partial charge in [-0.2, -0.15) is 0 Å². The first-order valence-electron chi connectivity index (χ1n) is 7.51. The molecule has 1 N–H and O–H groups in total. The highest BCUT2D eigenvalue weighted by Gasteiger charge is 2.20. The summed E-state index contributed by atoms with van der Waals surface area (Å²) in [5, 5.41) is 3.48. The van der Waals surface area contributed by atoms with Crippen LogP contribution in [0.25, 0.3) is 0 Å². The van der Waals surface area contributed by atoms with Gasteiger partial charge in [0.05, 0.1) is 6.54 Å². The van der Waals surface area contributed by atoms with Crippen molar-refractivity contribution >= 4 is 23.4 Å². The van der Waals surface area contributed by atoms with Crippen LogP contribution in [-0.2, 0) is 9.59 Å². The summed E-state index contributed by atoms with van der Waals surface area (Å²) in [6.07, 6.45) is 1.69. The van der Waals surface area contributed by atoms with Crippen LogP contribution in [0.2, 0.25) is 5.02 Å². The molecule has 1 heterocycles. The second kappa shape index (κ2) is 8.03. The third-order valence-corrected chi connectivity index (χ3v) is 3.77. The number of hydrogen-bond donors (Lipinski definition) is 1. The monoisotopic (exact) mass is 324 g/mol. The Labute approximate surface area is 135 Å². The Kier molecular flexibility index (Phi) is 6.07. The molecule has 1 aliphatic heterocycles. The first-order valence-corrected chi connectivity index (χ1v) is 7.89. The SMILES string of the molecule is C[C@@H](CNC(=O)CCN1CCCC1=O)Oc1ccc(Cl)cc1. The molecule has 0 unspecified atom stereocenters. The molecule has 5 nitrogen and oxygen atoms in total. The van der Waals surface area contributed by atoms with E-state index in [1.54, 1.807) is 29.2 Å². The molecule has 1 saturated heterocycles. The minimum Gasteiger partial charge on any atom is -0.489 e. The summed E-state index contributed by atoms with van der Waals surface area (Å²) in [7, 11) is 0. The van der Waals surface area contributed by atoms with Gasteiger partial charge in [-0.1, -0.05) is 11.6 Å². The second-order valence-electron chi connectivity index (χ2n) is 5.42. The fourth-order valence-electron chi connectivity index (χ4n) is 2.31. The van der Waals surface area contributed by atoms with Gasteiger partial charge in [0.15, 0.2) is 0 Å². The van der Waals surface area contributed by atoms with Gasteiger partial charge in [0.25, 0.3) is 0 Å². The molecule has 0 aliphatic carbocycles. The average Bonchev–Trinajstić information content (AvgIpc) is 2.91. The minimum atomic E-state index is -0.140. The number of rotatable bonds is 7. The van der Waals surface area contributed by atoms with E-state index in [1.165, 1.54) is 0 Å². The van der Waals surface area contributed by atoms with Crippen LogP contribution in [0.3, 0.4) is 0 Å². The van der Waals surface area contributed by atoms with Crippen molar-refractivity contribution in [1.82, 2.24) is 10.2 Å². The van der Waals surface area contributed by atoms with Crippen LogP contribution < -0.4 is 10.1 Å². The van der Waals surface area contributed by atoms with Gasteiger partial charge in [-0.05, 0) is 37.6 Å². The summed E-state index contributed by atoms with van der Waals surface area (Å²) in [5.41, 5.74) is 0. The summed E-state index contributed by atoms with van der Waals surface area (Å²) < 4.78 is 5.68. The molecule has 1 atom stereocenters. The number of likely N-dealkylation sites (tertiary alicyclic amines) is 1. The fourth-order valence-corrected chi connectivity index (χ4v) is 2.44. The van der Waals surface area contributed by atoms with E-state index < -0.39 is 0 Å². The smallest absolute Gasteiger partial charge is 0.222 e. The Morgan fingerprint density at radius 3 is 2.77 bits per heavy atom. The number of nitrogens with zero attached hydrogens (tertiary/aromatic N) is 1. The average molecular weight is 325 g/mol. The third kappa shape index (κ3) is 5.22. The summed E-state index contributed by atoms with van der Waals surface area (Å²) in [6.45, 7) is 3.58. The number of ether oxygens (including phenoxy) is 1. The number of benzene rings is 1. The van der Waals surface area contributed by atoms with Gasteiger partial charge in [-0.25, -0.2) is 0 Å². The van der Waals surface area contributed by atoms with Gasteiger partial charge in [0, 0.05) is 31.0 Å². The fraction of sp³-hybridized carbons (Fsp3) is 0.500. The molecule has 6 heteroatoms. The van der Waals surface area contributed by atoms with Crippen molar-refractivity contribution < 1.29 is 14.3 Å². The maximum absolute atomic E-state index is 11.8. The van der Waals surface area contributed by atoms with Crippen LogP contribution in [0.1, 0.15) is 26.2 Å². The lowest BCUT2D eigenvalue weighted by Crippen LogP contribution is -2.36. The lowest BCUT2D eigenvalue weighted by molar-refractivity contribution is -0.128. The van der Waals surface area contributed by atoms with Crippen molar-refractivity contribution in [2.75, 3.05) is 19.6 Å². The summed E-state index contributed by atoms with van der Waals surface area (Å²) in [6, 6.07) is 7.10. The van der Waals surface area contributed by atoms with Gasteiger partial charge in [0.1, 0.15) is 11.9 Å². The van der Waals surface area contributed by atoms with Gasteiger partial charge in [0.2, 0.25) is 11.8 Å². The van der Waals surface area contributed by atoms with Crippen LogP contribution in [0.4, 0.5) is 0 Å². The topological polar surface area (TPSA) is 58.6 Å². The van der Waals surface area contributed by atoms with E-state index in [-0.39, 0.29) is 17.9 Å². The second-order valence-corrected chi connectivity index (χ2v) is 5.86. The number of amides is 2. The summed E-state index contributed by atoms with van der Waals surface area (Å²) >= 11 is 5.81. The highest BCUT2D eigenvalue weighted by Crippen LogP contribution is 2.16. The van der Waals surface area contributed by atoms with Crippen LogP contribution >= 0.6 is 11.6 Å². The zero-order valence-electron chi connectivity index (χ0n) is 12.7. The van der Waals surface area contributed by atoms with E-state index in [2.05, 4.69) is 5.32 Å². The van der Waals surface area contributed by atoms with Crippen molar-refractivity contribution in [3.63, 3.8) is 0 Å². The van der Waals surface area contributed by atoms with Crippen LogP contribution in [0, 0.1) is 0 Å². The summed E-state index contributed by atoms with van der Waals surface area (Å²) in [5.74, 6) is 0.798. The number of carbonyl (C=O) groups is 2. The van der Waals surface area contributed by atoms with Gasteiger partial charge in [-0.15, -0.1) is 0 Å². The predicted octanol–water partition coefficient (Wildman–Crippen LogP) is 2.24. The van der Waals surface area contributed by atoms with E-state index in [1.807, 2.05) is 6.92 Å². The van der Waals surface area contributed by atoms with Gasteiger partial charge >= 0.3 is 0 Å². The van der Waals surface area contributed by atoms with Gasteiger partial charge in [-0.3, -0.25) is 9.59 Å². The Balaban J connectivity index is 1.64. The molecule has 2 amide bonds. The van der Waals surface area contributed by atoms with Crippen molar-refractivity contribution in [3.05, 3.63) is 29.3 Å². The van der Waals surface area contributed by atoms with Gasteiger partial charge < -0.3 is 15.0 Å². The van der Waals surface area contributed by atoms with Crippen molar-refractivity contribution in [3.8, 4) is 5.75 Å². The van der Waals surface area contributed by atoms with Crippen LogP contribution in [0.5, 0.6) is 5.75 Å². The molecule has 1 aromatic rings. The molecule has 0 radical (unpaired) electrons. The van der Waals surface area contributed by atoms with E-state index in [9.17, 15) is 9.59 Å². The molecular weight excluding hydrogens is 304 g/mol. The Bertz CT molecular complexity index is 519. The first kappa shape index (κ1) is 16.6. The largest absolute Gasteiger partial charge is 0.489 e. The number of hydrogen-bond acceptors (Lipinski definition) is 3. The molecular formula is C16H21ClN2O3. The zero-order chi connectivity index (χ0) is 15.9. The van der Waals surface area contributed by atoms with Crippen LogP contribution in [-0.4, -0.2) is 42.5 Å². The standard InChI is InChI=1S/C16H21ClN2O3/c1-12(22-14-6-4-13(17)5-7-14)11-18-15(20)8-10-19-9-2-3-16(19)21/h4-7,12H,2-3,8-11H2,1H3,(H,18,20)/t12-/m0/s1. The summed E-state index contributed by atoms with van der Waals surface area (Å²) in [4.78, 5) is 25.0. The molecule has 22 heavy (non-hydrogen) atoms.